The fourth-order valence-corrected chi connectivity index (χ4v) is 9.66. The molecule has 2 saturated heterocycles. The summed E-state index contributed by atoms with van der Waals surface area (Å²) in [5.41, 5.74) is 7.59. The number of alkyl halides is 2. The number of H-pyrrole nitrogens is 1. The number of benzene rings is 2. The number of fused-ring (bicyclic) bond motifs is 4. The SMILES string of the molecule is CC(F)(F)c1ccc2[nH]c(C(=O)N[C@@H]3Cc4ccccc4[C@H]4CC[C@@H](C(=O)N[C@@H](CCC(N)=O)C(=O)C[C@H](C(=O)N5CCCCC5)C5CCCCC5)N4C3=O)cc2c1. The van der Waals surface area contributed by atoms with Gasteiger partial charge in [0.05, 0.1) is 12.1 Å². The average Bonchev–Trinajstić information content (AvgIpc) is 3.84. The lowest BCUT2D eigenvalue weighted by atomic mass is 9.76. The van der Waals surface area contributed by atoms with Gasteiger partial charge >= 0.3 is 0 Å². The quantitative estimate of drug-likeness (QED) is 0.176. The number of ketones is 1. The van der Waals surface area contributed by atoms with E-state index in [-0.39, 0.29) is 54.5 Å². The van der Waals surface area contributed by atoms with E-state index in [1.807, 2.05) is 29.2 Å². The van der Waals surface area contributed by atoms with Crippen LogP contribution in [0.3, 0.4) is 0 Å². The molecule has 1 saturated carbocycles. The second-order valence-electron chi connectivity index (χ2n) is 16.8. The molecule has 2 aromatic carbocycles. The van der Waals surface area contributed by atoms with E-state index >= 15 is 0 Å². The molecule has 5 N–H and O–H groups in total. The number of halogens is 2. The minimum Gasteiger partial charge on any atom is -0.370 e. The Bertz CT molecular complexity index is 2050. The maximum Gasteiger partial charge on any atom is 0.270 e. The Labute approximate surface area is 337 Å². The number of piperidine rings is 1. The zero-order valence-electron chi connectivity index (χ0n) is 33.1. The van der Waals surface area contributed by atoms with Crippen LogP contribution >= 0.6 is 0 Å². The Kier molecular flexibility index (Phi) is 12.3. The summed E-state index contributed by atoms with van der Waals surface area (Å²) in [4.78, 5) is 89.2. The van der Waals surface area contributed by atoms with Crippen LogP contribution in [0.2, 0.25) is 0 Å². The first kappa shape index (κ1) is 41.0. The minimum absolute atomic E-state index is 0.0137. The van der Waals surface area contributed by atoms with Gasteiger partial charge in [-0.2, -0.15) is 0 Å². The number of hydrogen-bond acceptors (Lipinski definition) is 6. The van der Waals surface area contributed by atoms with Crippen molar-refractivity contribution in [2.75, 3.05) is 13.1 Å². The summed E-state index contributed by atoms with van der Waals surface area (Å²) >= 11 is 0. The van der Waals surface area contributed by atoms with Crippen molar-refractivity contribution >= 4 is 46.2 Å². The molecular weight excluding hydrogens is 747 g/mol. The highest BCUT2D eigenvalue weighted by Crippen LogP contribution is 2.41. The summed E-state index contributed by atoms with van der Waals surface area (Å²) in [6.07, 6.45) is 8.35. The van der Waals surface area contributed by atoms with E-state index in [1.165, 1.54) is 29.2 Å². The Morgan fingerprint density at radius 1 is 0.931 bits per heavy atom. The van der Waals surface area contributed by atoms with Crippen LogP contribution in [0.15, 0.2) is 48.5 Å². The van der Waals surface area contributed by atoms with Crippen molar-refractivity contribution < 1.29 is 37.5 Å². The fraction of sp³-hybridized carbons (Fsp3) is 0.545. The van der Waals surface area contributed by atoms with Gasteiger partial charge in [-0.1, -0.05) is 49.6 Å². The molecule has 3 aromatic rings. The molecule has 1 aromatic heterocycles. The monoisotopic (exact) mass is 800 g/mol. The van der Waals surface area contributed by atoms with Gasteiger partial charge in [0.15, 0.2) is 5.78 Å². The summed E-state index contributed by atoms with van der Waals surface area (Å²) < 4.78 is 28.1. The zero-order valence-corrected chi connectivity index (χ0v) is 33.1. The van der Waals surface area contributed by atoms with Gasteiger partial charge < -0.3 is 31.2 Å². The molecule has 0 unspecified atom stereocenters. The van der Waals surface area contributed by atoms with Crippen LogP contribution in [0.4, 0.5) is 8.78 Å². The molecule has 4 aliphatic rings. The van der Waals surface area contributed by atoms with Crippen LogP contribution in [0, 0.1) is 11.8 Å². The third-order valence-electron chi connectivity index (χ3n) is 12.8. The Morgan fingerprint density at radius 2 is 1.66 bits per heavy atom. The van der Waals surface area contributed by atoms with Gasteiger partial charge in [0, 0.05) is 61.7 Å². The van der Waals surface area contributed by atoms with Gasteiger partial charge in [0.25, 0.3) is 11.8 Å². The second-order valence-corrected chi connectivity index (χ2v) is 16.8. The highest BCUT2D eigenvalue weighted by molar-refractivity contribution is 6.01. The number of aromatic amines is 1. The summed E-state index contributed by atoms with van der Waals surface area (Å²) in [6, 6.07) is 9.44. The number of Topliss-reactive ketones (excluding diaryl/α,β-unsaturated/α-hetero) is 1. The molecular formula is C44H54F2N6O6. The number of carbonyl (C=O) groups is 6. The van der Waals surface area contributed by atoms with E-state index < -0.39 is 59.6 Å². The number of nitrogens with one attached hydrogen (secondary N) is 3. The van der Waals surface area contributed by atoms with Crippen molar-refractivity contribution in [3.63, 3.8) is 0 Å². The molecule has 0 radical (unpaired) electrons. The fourth-order valence-electron chi connectivity index (χ4n) is 9.66. The molecule has 0 spiro atoms. The van der Waals surface area contributed by atoms with E-state index in [2.05, 4.69) is 15.6 Å². The molecule has 14 heteroatoms. The summed E-state index contributed by atoms with van der Waals surface area (Å²) in [5.74, 6) is -6.15. The van der Waals surface area contributed by atoms with Crippen molar-refractivity contribution in [2.24, 2.45) is 17.6 Å². The van der Waals surface area contributed by atoms with E-state index in [4.69, 9.17) is 5.73 Å². The molecule has 58 heavy (non-hydrogen) atoms. The van der Waals surface area contributed by atoms with E-state index in [9.17, 15) is 37.5 Å². The van der Waals surface area contributed by atoms with Crippen LogP contribution in [-0.2, 0) is 36.3 Å². The molecule has 5 atom stereocenters. The van der Waals surface area contributed by atoms with Gasteiger partial charge in [-0.25, -0.2) is 8.78 Å². The van der Waals surface area contributed by atoms with Gasteiger partial charge in [-0.3, -0.25) is 28.8 Å². The Balaban J connectivity index is 1.11. The molecule has 5 amide bonds. The lowest BCUT2D eigenvalue weighted by molar-refractivity contribution is -0.143. The number of hydrogen-bond donors (Lipinski definition) is 4. The first-order chi connectivity index (χ1) is 27.8. The topological polar surface area (TPSA) is 175 Å². The average molecular weight is 801 g/mol. The zero-order chi connectivity index (χ0) is 41.1. The predicted octanol–water partition coefficient (Wildman–Crippen LogP) is 5.58. The van der Waals surface area contributed by atoms with Crippen molar-refractivity contribution in [1.29, 1.82) is 0 Å². The first-order valence-corrected chi connectivity index (χ1v) is 20.9. The molecule has 310 valence electrons. The Hall–Kier alpha value is -5.14. The van der Waals surface area contributed by atoms with E-state index in [1.54, 1.807) is 0 Å². The maximum absolute atomic E-state index is 14.6. The number of primary amides is 1. The number of likely N-dealkylation sites (tertiary alicyclic amines) is 1. The molecule has 1 aliphatic carbocycles. The molecule has 4 heterocycles. The molecule has 12 nitrogen and oxygen atoms in total. The normalized spacial score (nSPS) is 22.4. The summed E-state index contributed by atoms with van der Waals surface area (Å²) in [6.45, 7) is 2.13. The van der Waals surface area contributed by atoms with Crippen molar-refractivity contribution in [1.82, 2.24) is 25.4 Å². The van der Waals surface area contributed by atoms with Crippen LogP contribution in [-0.4, -0.2) is 81.3 Å². The predicted molar refractivity (Wildman–Crippen MR) is 212 cm³/mol. The lowest BCUT2D eigenvalue weighted by Crippen LogP contribution is -2.55. The maximum atomic E-state index is 14.6. The standard InChI is InChI=1S/C44H54F2N6O6/c1-44(45,46)29-14-15-32-28(22-29)24-34(48-32)40(55)50-35-23-27-12-6-7-13-30(27)36-17-18-37(52(36)43(35)58)41(56)49-33(16-19-39(47)54)38(53)25-31(26-10-4-2-5-11-26)42(57)51-20-8-3-9-21-51/h6-7,12-15,22,24,26,31,33,35-37,48H,2-5,8-11,16-21,23,25H2,1H3,(H2,47,54)(H,49,56)(H,50,55)/t31-,33-,35+,36+,37-/m0/s1. The second kappa shape index (κ2) is 17.4. The van der Waals surface area contributed by atoms with Crippen LogP contribution in [0.25, 0.3) is 10.9 Å². The lowest BCUT2D eigenvalue weighted by Gasteiger charge is -2.36. The van der Waals surface area contributed by atoms with Crippen LogP contribution in [0.5, 0.6) is 0 Å². The molecule has 7 rings (SSSR count). The van der Waals surface area contributed by atoms with Gasteiger partial charge in [-0.15, -0.1) is 0 Å². The number of carbonyl (C=O) groups excluding carboxylic acids is 6. The van der Waals surface area contributed by atoms with E-state index in [0.717, 1.165) is 69.4 Å². The number of nitrogens with two attached hydrogens (primary N) is 1. The molecule has 0 bridgehead atoms. The number of aromatic nitrogens is 1. The van der Waals surface area contributed by atoms with Crippen molar-refractivity contribution in [3.8, 4) is 0 Å². The van der Waals surface area contributed by atoms with Crippen LogP contribution < -0.4 is 16.4 Å². The summed E-state index contributed by atoms with van der Waals surface area (Å²) in [5, 5.41) is 6.15. The van der Waals surface area contributed by atoms with E-state index in [0.29, 0.717) is 36.8 Å². The van der Waals surface area contributed by atoms with Crippen LogP contribution in [0.1, 0.15) is 124 Å². The van der Waals surface area contributed by atoms with Gasteiger partial charge in [0.2, 0.25) is 23.6 Å². The van der Waals surface area contributed by atoms with Crippen molar-refractivity contribution in [3.05, 3.63) is 70.9 Å². The Morgan fingerprint density at radius 3 is 2.38 bits per heavy atom. The number of amides is 5. The van der Waals surface area contributed by atoms with Gasteiger partial charge in [0.1, 0.15) is 17.8 Å². The largest absolute Gasteiger partial charge is 0.370 e. The smallest absolute Gasteiger partial charge is 0.270 e. The third kappa shape index (κ3) is 8.95. The highest BCUT2D eigenvalue weighted by atomic mass is 19.3. The highest BCUT2D eigenvalue weighted by Gasteiger charge is 2.47. The number of nitrogens with zero attached hydrogens (tertiary/aromatic N) is 2. The number of rotatable bonds is 13. The molecule has 3 aliphatic heterocycles. The minimum atomic E-state index is -3.07. The summed E-state index contributed by atoms with van der Waals surface area (Å²) in [7, 11) is 0. The van der Waals surface area contributed by atoms with Crippen molar-refractivity contribution in [2.45, 2.75) is 127 Å². The first-order valence-electron chi connectivity index (χ1n) is 20.9. The van der Waals surface area contributed by atoms with Gasteiger partial charge in [-0.05, 0) is 86.6 Å². The third-order valence-corrected chi connectivity index (χ3v) is 12.8. The molecule has 3 fully saturated rings.